The molecule has 2 heterocycles. The molecular formula is C10H16IN5. The van der Waals surface area contributed by atoms with Gasteiger partial charge in [-0.05, 0) is 29.6 Å². The molecule has 0 radical (unpaired) electrons. The van der Waals surface area contributed by atoms with Gasteiger partial charge in [0, 0.05) is 32.4 Å². The molecule has 1 unspecified atom stereocenters. The molecule has 0 amide bonds. The summed E-state index contributed by atoms with van der Waals surface area (Å²) in [5, 5.41) is 0. The van der Waals surface area contributed by atoms with Crippen molar-refractivity contribution in [2.45, 2.75) is 6.04 Å². The lowest BCUT2D eigenvalue weighted by molar-refractivity contribution is 0.268. The SMILES string of the molecule is CN1CCN(c2ncncc2I)C(CN)C1. The van der Waals surface area contributed by atoms with Crippen LogP contribution in [0.4, 0.5) is 5.82 Å². The first-order valence-electron chi connectivity index (χ1n) is 5.33. The molecule has 1 aromatic rings. The van der Waals surface area contributed by atoms with E-state index in [2.05, 4.69) is 49.4 Å². The maximum absolute atomic E-state index is 5.83. The average molecular weight is 333 g/mol. The summed E-state index contributed by atoms with van der Waals surface area (Å²) in [6, 6.07) is 0.349. The van der Waals surface area contributed by atoms with Crippen molar-refractivity contribution in [2.24, 2.45) is 5.73 Å². The summed E-state index contributed by atoms with van der Waals surface area (Å²) < 4.78 is 1.09. The summed E-state index contributed by atoms with van der Waals surface area (Å²) >= 11 is 2.27. The summed E-state index contributed by atoms with van der Waals surface area (Å²) in [5.74, 6) is 1.01. The third-order valence-electron chi connectivity index (χ3n) is 2.88. The molecule has 0 aliphatic carbocycles. The number of hydrogen-bond acceptors (Lipinski definition) is 5. The Morgan fingerprint density at radius 2 is 2.38 bits per heavy atom. The summed E-state index contributed by atoms with van der Waals surface area (Å²) in [5.41, 5.74) is 5.83. The second-order valence-corrected chi connectivity index (χ2v) is 5.20. The molecule has 0 aromatic carbocycles. The minimum atomic E-state index is 0.349. The van der Waals surface area contributed by atoms with E-state index in [9.17, 15) is 0 Å². The van der Waals surface area contributed by atoms with Gasteiger partial charge in [-0.2, -0.15) is 0 Å². The van der Waals surface area contributed by atoms with E-state index in [4.69, 9.17) is 5.73 Å². The zero-order chi connectivity index (χ0) is 11.5. The molecule has 2 N–H and O–H groups in total. The van der Waals surface area contributed by atoms with Gasteiger partial charge in [-0.25, -0.2) is 9.97 Å². The van der Waals surface area contributed by atoms with Gasteiger partial charge in [-0.1, -0.05) is 0 Å². The van der Waals surface area contributed by atoms with Crippen LogP contribution in [0.3, 0.4) is 0 Å². The number of halogens is 1. The van der Waals surface area contributed by atoms with Gasteiger partial charge in [0.05, 0.1) is 9.61 Å². The summed E-state index contributed by atoms with van der Waals surface area (Å²) in [6.45, 7) is 3.68. The van der Waals surface area contributed by atoms with Crippen LogP contribution in [0.5, 0.6) is 0 Å². The zero-order valence-corrected chi connectivity index (χ0v) is 11.5. The molecule has 1 aliphatic rings. The van der Waals surface area contributed by atoms with Crippen molar-refractivity contribution in [3.63, 3.8) is 0 Å². The highest BCUT2D eigenvalue weighted by Gasteiger charge is 2.26. The maximum Gasteiger partial charge on any atom is 0.145 e. The topological polar surface area (TPSA) is 58.3 Å². The van der Waals surface area contributed by atoms with Crippen molar-refractivity contribution < 1.29 is 0 Å². The number of rotatable bonds is 2. The Morgan fingerprint density at radius 1 is 1.56 bits per heavy atom. The van der Waals surface area contributed by atoms with E-state index in [-0.39, 0.29) is 0 Å². The van der Waals surface area contributed by atoms with Crippen molar-refractivity contribution in [2.75, 3.05) is 38.1 Å². The van der Waals surface area contributed by atoms with E-state index in [1.54, 1.807) is 6.33 Å². The number of nitrogens with zero attached hydrogens (tertiary/aromatic N) is 4. The highest BCUT2D eigenvalue weighted by Crippen LogP contribution is 2.22. The second kappa shape index (κ2) is 5.24. The minimum absolute atomic E-state index is 0.349. The van der Waals surface area contributed by atoms with Crippen molar-refractivity contribution in [1.82, 2.24) is 14.9 Å². The van der Waals surface area contributed by atoms with E-state index in [1.165, 1.54) is 0 Å². The van der Waals surface area contributed by atoms with Crippen LogP contribution in [0.15, 0.2) is 12.5 Å². The van der Waals surface area contributed by atoms with Crippen LogP contribution in [0.1, 0.15) is 0 Å². The van der Waals surface area contributed by atoms with Crippen LogP contribution in [-0.4, -0.2) is 54.1 Å². The van der Waals surface area contributed by atoms with Gasteiger partial charge >= 0.3 is 0 Å². The first-order chi connectivity index (χ1) is 7.72. The van der Waals surface area contributed by atoms with E-state index in [0.717, 1.165) is 29.0 Å². The number of hydrogen-bond donors (Lipinski definition) is 1. The third kappa shape index (κ3) is 2.44. The first kappa shape index (κ1) is 12.0. The molecule has 0 bridgehead atoms. The van der Waals surface area contributed by atoms with Crippen molar-refractivity contribution in [3.05, 3.63) is 16.1 Å². The monoisotopic (exact) mass is 333 g/mol. The fourth-order valence-electron chi connectivity index (χ4n) is 2.01. The van der Waals surface area contributed by atoms with Crippen LogP contribution >= 0.6 is 22.6 Å². The average Bonchev–Trinajstić information content (AvgIpc) is 2.30. The van der Waals surface area contributed by atoms with Gasteiger partial charge in [0.2, 0.25) is 0 Å². The Morgan fingerprint density at radius 3 is 3.06 bits per heavy atom. The molecule has 0 spiro atoms. The standard InChI is InChI=1S/C10H16IN5/c1-15-2-3-16(8(4-12)6-15)10-9(11)5-13-7-14-10/h5,7-8H,2-4,6,12H2,1H3. The molecule has 88 valence electrons. The van der Waals surface area contributed by atoms with Crippen LogP contribution in [0, 0.1) is 3.57 Å². The quantitative estimate of drug-likeness (QED) is 0.782. The Balaban J connectivity index is 2.22. The third-order valence-corrected chi connectivity index (χ3v) is 3.64. The zero-order valence-electron chi connectivity index (χ0n) is 9.30. The molecule has 2 rings (SSSR count). The highest BCUT2D eigenvalue weighted by atomic mass is 127. The van der Waals surface area contributed by atoms with Gasteiger partial charge < -0.3 is 15.5 Å². The van der Waals surface area contributed by atoms with E-state index in [0.29, 0.717) is 12.6 Å². The maximum atomic E-state index is 5.83. The summed E-state index contributed by atoms with van der Waals surface area (Å²) in [7, 11) is 2.13. The first-order valence-corrected chi connectivity index (χ1v) is 6.41. The molecular weight excluding hydrogens is 317 g/mol. The molecule has 6 heteroatoms. The number of nitrogens with two attached hydrogens (primary N) is 1. The second-order valence-electron chi connectivity index (χ2n) is 4.04. The number of anilines is 1. The Kier molecular flexibility index (Phi) is 3.93. The molecule has 1 atom stereocenters. The van der Waals surface area contributed by atoms with E-state index in [1.807, 2.05) is 6.20 Å². The summed E-state index contributed by atoms with van der Waals surface area (Å²) in [6.07, 6.45) is 3.44. The van der Waals surface area contributed by atoms with Gasteiger partial charge in [-0.3, -0.25) is 0 Å². The van der Waals surface area contributed by atoms with Gasteiger partial charge in [-0.15, -0.1) is 0 Å². The van der Waals surface area contributed by atoms with E-state index < -0.39 is 0 Å². The normalized spacial score (nSPS) is 22.4. The lowest BCUT2D eigenvalue weighted by Gasteiger charge is -2.40. The lowest BCUT2D eigenvalue weighted by Crippen LogP contribution is -2.55. The van der Waals surface area contributed by atoms with Gasteiger partial charge in [0.25, 0.3) is 0 Å². The molecule has 1 aromatic heterocycles. The fraction of sp³-hybridized carbons (Fsp3) is 0.600. The van der Waals surface area contributed by atoms with Crippen LogP contribution in [0.25, 0.3) is 0 Å². The van der Waals surface area contributed by atoms with Crippen molar-refractivity contribution in [3.8, 4) is 0 Å². The number of piperazine rings is 1. The van der Waals surface area contributed by atoms with Crippen molar-refractivity contribution in [1.29, 1.82) is 0 Å². The van der Waals surface area contributed by atoms with Gasteiger partial charge in [0.15, 0.2) is 0 Å². The molecule has 5 nitrogen and oxygen atoms in total. The van der Waals surface area contributed by atoms with Crippen LogP contribution in [0.2, 0.25) is 0 Å². The Labute approximate surface area is 109 Å². The number of aromatic nitrogens is 2. The van der Waals surface area contributed by atoms with Gasteiger partial charge in [0.1, 0.15) is 12.1 Å². The summed E-state index contributed by atoms with van der Waals surface area (Å²) in [4.78, 5) is 13.0. The van der Waals surface area contributed by atoms with Crippen LogP contribution < -0.4 is 10.6 Å². The fourth-order valence-corrected chi connectivity index (χ4v) is 2.62. The van der Waals surface area contributed by atoms with E-state index >= 15 is 0 Å². The van der Waals surface area contributed by atoms with Crippen molar-refractivity contribution >= 4 is 28.4 Å². The molecule has 0 saturated carbocycles. The molecule has 16 heavy (non-hydrogen) atoms. The Bertz CT molecular complexity index is 359. The molecule has 1 aliphatic heterocycles. The minimum Gasteiger partial charge on any atom is -0.349 e. The predicted molar refractivity (Wildman–Crippen MR) is 72.4 cm³/mol. The van der Waals surface area contributed by atoms with Crippen LogP contribution in [-0.2, 0) is 0 Å². The smallest absolute Gasteiger partial charge is 0.145 e. The largest absolute Gasteiger partial charge is 0.349 e. The highest BCUT2D eigenvalue weighted by molar-refractivity contribution is 14.1. The molecule has 1 fully saturated rings. The lowest BCUT2D eigenvalue weighted by atomic mass is 10.1. The Hall–Kier alpha value is -0.470. The molecule has 1 saturated heterocycles. The number of likely N-dealkylation sites (N-methyl/N-ethyl adjacent to an activating group) is 1. The predicted octanol–water partition coefficient (Wildman–Crippen LogP) is 0.160.